The Labute approximate surface area is 126 Å². The van der Waals surface area contributed by atoms with Crippen molar-refractivity contribution in [2.75, 3.05) is 0 Å². The van der Waals surface area contributed by atoms with Crippen molar-refractivity contribution < 1.29 is 9.90 Å². The molecule has 0 fully saturated rings. The second-order valence-electron chi connectivity index (χ2n) is 3.50. The van der Waals surface area contributed by atoms with E-state index in [2.05, 4.69) is 26.5 Å². The van der Waals surface area contributed by atoms with E-state index in [1.54, 1.807) is 29.6 Å². The lowest BCUT2D eigenvalue weighted by Gasteiger charge is -2.02. The predicted octanol–water partition coefficient (Wildman–Crippen LogP) is 3.63. The molecule has 1 aromatic heterocycles. The average molecular weight is 360 g/mol. The summed E-state index contributed by atoms with van der Waals surface area (Å²) in [5.74, 6) is -0.383. The Hall–Kier alpha value is -1.37. The summed E-state index contributed by atoms with van der Waals surface area (Å²) in [4.78, 5) is 12.2. The van der Waals surface area contributed by atoms with Crippen molar-refractivity contribution in [2.45, 2.75) is 0 Å². The lowest BCUT2D eigenvalue weighted by atomic mass is 10.2. The van der Waals surface area contributed by atoms with Gasteiger partial charge in [-0.1, -0.05) is 33.6 Å². The van der Waals surface area contributed by atoms with E-state index in [-0.39, 0.29) is 16.7 Å². The number of aromatic hydroxyl groups is 1. The molecule has 1 amide bonds. The predicted molar refractivity (Wildman–Crippen MR) is 80.2 cm³/mol. The van der Waals surface area contributed by atoms with Crippen LogP contribution in [0.15, 0.2) is 39.2 Å². The monoisotopic (exact) mass is 358 g/mol. The van der Waals surface area contributed by atoms with Gasteiger partial charge < -0.3 is 5.11 Å². The van der Waals surface area contributed by atoms with Crippen LogP contribution in [0.25, 0.3) is 0 Å². The molecule has 0 saturated carbocycles. The highest BCUT2D eigenvalue weighted by Crippen LogP contribution is 2.30. The highest BCUT2D eigenvalue weighted by atomic mass is 79.9. The summed E-state index contributed by atoms with van der Waals surface area (Å²) in [5.41, 5.74) is 2.78. The zero-order valence-corrected chi connectivity index (χ0v) is 12.6. The molecular weight excluding hydrogens is 352 g/mol. The number of carbonyl (C=O) groups excluding carboxylic acids is 1. The van der Waals surface area contributed by atoms with Crippen molar-refractivity contribution >= 4 is 51.0 Å². The first-order valence-electron chi connectivity index (χ1n) is 5.13. The average Bonchev–Trinajstić information content (AvgIpc) is 2.88. The second kappa shape index (κ2) is 6.18. The molecule has 1 heterocycles. The maximum Gasteiger partial charge on any atom is 0.281 e. The fraction of sp³-hybridized carbons (Fsp3) is 0. The van der Waals surface area contributed by atoms with Gasteiger partial charge in [0.1, 0.15) is 5.75 Å². The van der Waals surface area contributed by atoms with Crippen LogP contribution in [0, 0.1) is 0 Å². The first-order valence-corrected chi connectivity index (χ1v) is 7.18. The fourth-order valence-corrected chi connectivity index (χ4v) is 2.76. The Morgan fingerprint density at radius 3 is 3.00 bits per heavy atom. The van der Waals surface area contributed by atoms with Gasteiger partial charge in [-0.3, -0.25) is 4.79 Å². The fourth-order valence-electron chi connectivity index (χ4n) is 1.31. The lowest BCUT2D eigenvalue weighted by Crippen LogP contribution is -2.16. The summed E-state index contributed by atoms with van der Waals surface area (Å²) in [6, 6.07) is 6.69. The molecular formula is C12H8BrClN2O2S. The summed E-state index contributed by atoms with van der Waals surface area (Å²) in [7, 11) is 0. The van der Waals surface area contributed by atoms with Crippen LogP contribution in [0.4, 0.5) is 0 Å². The van der Waals surface area contributed by atoms with Crippen molar-refractivity contribution in [2.24, 2.45) is 5.10 Å². The number of benzene rings is 1. The van der Waals surface area contributed by atoms with Crippen molar-refractivity contribution in [1.29, 1.82) is 0 Å². The van der Waals surface area contributed by atoms with E-state index in [1.165, 1.54) is 17.6 Å². The van der Waals surface area contributed by atoms with E-state index < -0.39 is 0 Å². The largest absolute Gasteiger partial charge is 0.506 e. The van der Waals surface area contributed by atoms with Gasteiger partial charge in [0.15, 0.2) is 0 Å². The van der Waals surface area contributed by atoms with Gasteiger partial charge in [-0.25, -0.2) is 5.43 Å². The Kier molecular flexibility index (Phi) is 4.57. The smallest absolute Gasteiger partial charge is 0.281 e. The Balaban J connectivity index is 2.09. The molecule has 0 radical (unpaired) electrons. The van der Waals surface area contributed by atoms with Crippen LogP contribution in [0.3, 0.4) is 0 Å². The van der Waals surface area contributed by atoms with Crippen molar-refractivity contribution in [3.63, 3.8) is 0 Å². The number of carbonyl (C=O) groups is 1. The molecule has 2 rings (SSSR count). The van der Waals surface area contributed by atoms with E-state index in [1.807, 2.05) is 0 Å². The molecule has 0 unspecified atom stereocenters. The molecule has 0 atom stereocenters. The molecule has 0 saturated heterocycles. The molecule has 0 aliphatic heterocycles. The normalized spacial score (nSPS) is 10.8. The minimum absolute atomic E-state index is 0.0843. The summed E-state index contributed by atoms with van der Waals surface area (Å²) in [6.07, 6.45) is 1.33. The minimum atomic E-state index is -0.299. The van der Waals surface area contributed by atoms with Gasteiger partial charge in [-0.15, -0.1) is 11.3 Å². The first-order chi connectivity index (χ1) is 9.08. The number of hydrazone groups is 1. The molecule has 0 aliphatic rings. The third kappa shape index (κ3) is 3.56. The molecule has 2 aromatic rings. The van der Waals surface area contributed by atoms with E-state index in [9.17, 15) is 9.90 Å². The van der Waals surface area contributed by atoms with Gasteiger partial charge in [0, 0.05) is 10.0 Å². The molecule has 0 aliphatic carbocycles. The summed E-state index contributed by atoms with van der Waals surface area (Å²) in [6.45, 7) is 0. The number of thiophene rings is 1. The SMILES string of the molecule is O=C(N/N=C/c1cc(Br)cc(Cl)c1O)c1cccs1. The summed E-state index contributed by atoms with van der Waals surface area (Å²) >= 11 is 10.4. The number of nitrogens with one attached hydrogen (secondary N) is 1. The first kappa shape index (κ1) is 14.0. The standard InChI is InChI=1S/C12H8BrClN2O2S/c13-8-4-7(11(17)9(14)5-8)6-15-16-12(18)10-2-1-3-19-10/h1-6,17H,(H,16,18)/b15-6+. The van der Waals surface area contributed by atoms with E-state index in [0.29, 0.717) is 14.9 Å². The van der Waals surface area contributed by atoms with Gasteiger partial charge in [0.05, 0.1) is 16.1 Å². The highest BCUT2D eigenvalue weighted by Gasteiger charge is 2.07. The van der Waals surface area contributed by atoms with Crippen LogP contribution >= 0.6 is 38.9 Å². The number of hydrogen-bond donors (Lipinski definition) is 2. The van der Waals surface area contributed by atoms with Crippen LogP contribution in [-0.4, -0.2) is 17.2 Å². The van der Waals surface area contributed by atoms with Crippen LogP contribution in [0.2, 0.25) is 5.02 Å². The molecule has 19 heavy (non-hydrogen) atoms. The van der Waals surface area contributed by atoms with Gasteiger partial charge in [-0.05, 0) is 23.6 Å². The summed E-state index contributed by atoms with van der Waals surface area (Å²) < 4.78 is 0.710. The number of nitrogens with zero attached hydrogens (tertiary/aromatic N) is 1. The number of amides is 1. The molecule has 1 aromatic carbocycles. The number of rotatable bonds is 3. The number of halogens is 2. The molecule has 0 bridgehead atoms. The molecule has 98 valence electrons. The van der Waals surface area contributed by atoms with E-state index >= 15 is 0 Å². The van der Waals surface area contributed by atoms with Crippen LogP contribution in [0.1, 0.15) is 15.2 Å². The van der Waals surface area contributed by atoms with E-state index in [4.69, 9.17) is 11.6 Å². The van der Waals surface area contributed by atoms with Crippen molar-refractivity contribution in [3.05, 3.63) is 49.6 Å². The molecule has 7 heteroatoms. The van der Waals surface area contributed by atoms with Crippen LogP contribution < -0.4 is 5.43 Å². The van der Waals surface area contributed by atoms with Crippen molar-refractivity contribution in [3.8, 4) is 5.75 Å². The Morgan fingerprint density at radius 1 is 1.53 bits per heavy atom. The quantitative estimate of drug-likeness (QED) is 0.649. The Bertz CT molecular complexity index is 629. The topological polar surface area (TPSA) is 61.7 Å². The zero-order valence-electron chi connectivity index (χ0n) is 9.43. The molecule has 2 N–H and O–H groups in total. The second-order valence-corrected chi connectivity index (χ2v) is 5.77. The summed E-state index contributed by atoms with van der Waals surface area (Å²) in [5, 5.41) is 15.5. The maximum atomic E-state index is 11.6. The van der Waals surface area contributed by atoms with Crippen LogP contribution in [0.5, 0.6) is 5.75 Å². The zero-order chi connectivity index (χ0) is 13.8. The van der Waals surface area contributed by atoms with Crippen LogP contribution in [-0.2, 0) is 0 Å². The van der Waals surface area contributed by atoms with Gasteiger partial charge in [0.2, 0.25) is 0 Å². The van der Waals surface area contributed by atoms with Gasteiger partial charge in [-0.2, -0.15) is 5.10 Å². The molecule has 0 spiro atoms. The lowest BCUT2D eigenvalue weighted by molar-refractivity contribution is 0.0959. The number of hydrogen-bond acceptors (Lipinski definition) is 4. The van der Waals surface area contributed by atoms with E-state index in [0.717, 1.165) is 0 Å². The highest BCUT2D eigenvalue weighted by molar-refractivity contribution is 9.10. The Morgan fingerprint density at radius 2 is 2.32 bits per heavy atom. The van der Waals surface area contributed by atoms with Gasteiger partial charge >= 0.3 is 0 Å². The minimum Gasteiger partial charge on any atom is -0.506 e. The third-order valence-electron chi connectivity index (χ3n) is 2.17. The third-order valence-corrected chi connectivity index (χ3v) is 3.79. The maximum absolute atomic E-state index is 11.6. The van der Waals surface area contributed by atoms with Crippen molar-refractivity contribution in [1.82, 2.24) is 5.43 Å². The molecule has 4 nitrogen and oxygen atoms in total. The number of phenolic OH excluding ortho intramolecular Hbond substituents is 1. The van der Waals surface area contributed by atoms with Gasteiger partial charge in [0.25, 0.3) is 5.91 Å². The number of phenols is 1.